The van der Waals surface area contributed by atoms with Crippen molar-refractivity contribution in [3.05, 3.63) is 34.3 Å². The van der Waals surface area contributed by atoms with Crippen LogP contribution in [0, 0.1) is 0 Å². The Morgan fingerprint density at radius 3 is 2.77 bits per heavy atom. The number of carbonyl (C=O) groups excluding carboxylic acids is 1. The molecule has 7 heteroatoms. The first-order chi connectivity index (χ1) is 10.5. The van der Waals surface area contributed by atoms with E-state index in [1.54, 1.807) is 32.4 Å². The van der Waals surface area contributed by atoms with E-state index in [0.717, 1.165) is 5.01 Å². The summed E-state index contributed by atoms with van der Waals surface area (Å²) in [6.45, 7) is 1.86. The Morgan fingerprint density at radius 1 is 1.41 bits per heavy atom. The second-order valence-corrected chi connectivity index (χ2v) is 5.65. The summed E-state index contributed by atoms with van der Waals surface area (Å²) >= 11 is 1.46. The van der Waals surface area contributed by atoms with Crippen LogP contribution in [-0.2, 0) is 11.2 Å². The van der Waals surface area contributed by atoms with Gasteiger partial charge in [-0.05, 0) is 19.1 Å². The lowest BCUT2D eigenvalue weighted by molar-refractivity contribution is -0.115. The van der Waals surface area contributed by atoms with Crippen molar-refractivity contribution in [1.82, 2.24) is 4.98 Å². The fourth-order valence-corrected chi connectivity index (χ4v) is 2.66. The zero-order valence-electron chi connectivity index (χ0n) is 12.8. The van der Waals surface area contributed by atoms with Gasteiger partial charge in [0, 0.05) is 11.4 Å². The predicted octanol–water partition coefficient (Wildman–Crippen LogP) is 2.36. The summed E-state index contributed by atoms with van der Waals surface area (Å²) in [7, 11) is 3.12. The van der Waals surface area contributed by atoms with E-state index in [1.807, 2.05) is 12.3 Å². The zero-order valence-corrected chi connectivity index (χ0v) is 13.6. The highest BCUT2D eigenvalue weighted by molar-refractivity contribution is 7.09. The number of anilines is 1. The molecule has 0 aliphatic heterocycles. The highest BCUT2D eigenvalue weighted by atomic mass is 32.1. The molecule has 118 valence electrons. The van der Waals surface area contributed by atoms with Gasteiger partial charge in [-0.1, -0.05) is 0 Å². The van der Waals surface area contributed by atoms with Gasteiger partial charge in [0.25, 0.3) is 0 Å². The Labute approximate surface area is 133 Å². The van der Waals surface area contributed by atoms with Crippen LogP contribution >= 0.6 is 11.3 Å². The molecule has 1 aromatic heterocycles. The SMILES string of the molecule is COc1ccc(OC)c(NC(=O)Cc2csc(C(C)N)n2)c1. The standard InChI is InChI=1S/C15H19N3O3S/c1-9(16)15-17-10(8-22-15)6-14(19)18-12-7-11(20-2)4-5-13(12)21-3/h4-5,7-9H,6,16H2,1-3H3,(H,18,19). The number of aromatic nitrogens is 1. The van der Waals surface area contributed by atoms with Gasteiger partial charge in [0.05, 0.1) is 38.1 Å². The van der Waals surface area contributed by atoms with Crippen LogP contribution in [0.15, 0.2) is 23.6 Å². The van der Waals surface area contributed by atoms with E-state index in [1.165, 1.54) is 11.3 Å². The highest BCUT2D eigenvalue weighted by Crippen LogP contribution is 2.29. The smallest absolute Gasteiger partial charge is 0.230 e. The number of nitrogens with zero attached hydrogens (tertiary/aromatic N) is 1. The quantitative estimate of drug-likeness (QED) is 0.853. The van der Waals surface area contributed by atoms with Crippen LogP contribution < -0.4 is 20.5 Å². The van der Waals surface area contributed by atoms with Crippen LogP contribution in [0.25, 0.3) is 0 Å². The Hall–Kier alpha value is -2.12. The Bertz CT molecular complexity index is 655. The van der Waals surface area contributed by atoms with Crippen LogP contribution in [0.5, 0.6) is 11.5 Å². The number of hydrogen-bond donors (Lipinski definition) is 2. The van der Waals surface area contributed by atoms with Crippen molar-refractivity contribution in [2.75, 3.05) is 19.5 Å². The monoisotopic (exact) mass is 321 g/mol. The topological polar surface area (TPSA) is 86.5 Å². The van der Waals surface area contributed by atoms with Crippen molar-refractivity contribution < 1.29 is 14.3 Å². The van der Waals surface area contributed by atoms with Crippen LogP contribution in [0.3, 0.4) is 0 Å². The first kappa shape index (κ1) is 16.3. The third-order valence-corrected chi connectivity index (χ3v) is 4.08. The molecule has 2 aromatic rings. The van der Waals surface area contributed by atoms with E-state index < -0.39 is 0 Å². The highest BCUT2D eigenvalue weighted by Gasteiger charge is 2.12. The molecule has 22 heavy (non-hydrogen) atoms. The van der Waals surface area contributed by atoms with Crippen molar-refractivity contribution in [3.8, 4) is 11.5 Å². The Balaban J connectivity index is 2.07. The molecule has 0 radical (unpaired) electrons. The molecule has 0 saturated heterocycles. The van der Waals surface area contributed by atoms with Crippen LogP contribution in [0.2, 0.25) is 0 Å². The fourth-order valence-electron chi connectivity index (χ4n) is 1.88. The van der Waals surface area contributed by atoms with Gasteiger partial charge in [0.1, 0.15) is 16.5 Å². The van der Waals surface area contributed by atoms with Crippen molar-refractivity contribution >= 4 is 22.9 Å². The van der Waals surface area contributed by atoms with E-state index in [2.05, 4.69) is 10.3 Å². The normalized spacial score (nSPS) is 11.8. The maximum atomic E-state index is 12.2. The number of hydrogen-bond acceptors (Lipinski definition) is 6. The summed E-state index contributed by atoms with van der Waals surface area (Å²) in [5, 5.41) is 5.48. The summed E-state index contributed by atoms with van der Waals surface area (Å²) in [4.78, 5) is 16.5. The van der Waals surface area contributed by atoms with E-state index >= 15 is 0 Å². The van der Waals surface area contributed by atoms with Crippen molar-refractivity contribution in [3.63, 3.8) is 0 Å². The van der Waals surface area contributed by atoms with Gasteiger partial charge < -0.3 is 20.5 Å². The number of ether oxygens (including phenoxy) is 2. The Morgan fingerprint density at radius 2 is 2.18 bits per heavy atom. The third-order valence-electron chi connectivity index (χ3n) is 2.98. The summed E-state index contributed by atoms with van der Waals surface area (Å²) in [5.74, 6) is 1.04. The van der Waals surface area contributed by atoms with Gasteiger partial charge in [0.15, 0.2) is 0 Å². The number of amides is 1. The number of nitrogens with one attached hydrogen (secondary N) is 1. The molecule has 2 rings (SSSR count). The average Bonchev–Trinajstić information content (AvgIpc) is 2.95. The maximum absolute atomic E-state index is 12.2. The minimum atomic E-state index is -0.173. The number of nitrogens with two attached hydrogens (primary N) is 1. The van der Waals surface area contributed by atoms with E-state index in [9.17, 15) is 4.79 Å². The minimum Gasteiger partial charge on any atom is -0.497 e. The molecule has 1 aromatic carbocycles. The molecule has 1 atom stereocenters. The Kier molecular flexibility index (Phi) is 5.35. The molecular weight excluding hydrogens is 302 g/mol. The lowest BCUT2D eigenvalue weighted by atomic mass is 10.2. The van der Waals surface area contributed by atoms with Gasteiger partial charge >= 0.3 is 0 Å². The summed E-state index contributed by atoms with van der Waals surface area (Å²) in [5.41, 5.74) is 7.04. The fraction of sp³-hybridized carbons (Fsp3) is 0.333. The number of rotatable bonds is 6. The first-order valence-corrected chi connectivity index (χ1v) is 7.63. The van der Waals surface area contributed by atoms with Gasteiger partial charge in [-0.25, -0.2) is 4.98 Å². The van der Waals surface area contributed by atoms with Gasteiger partial charge in [-0.2, -0.15) is 0 Å². The zero-order chi connectivity index (χ0) is 16.1. The molecule has 0 aliphatic rings. The van der Waals surface area contributed by atoms with Crippen LogP contribution in [0.1, 0.15) is 23.7 Å². The molecule has 1 heterocycles. The molecule has 0 aliphatic carbocycles. The molecule has 1 unspecified atom stereocenters. The first-order valence-electron chi connectivity index (χ1n) is 6.75. The van der Waals surface area contributed by atoms with Crippen molar-refractivity contribution in [2.45, 2.75) is 19.4 Å². The molecule has 0 spiro atoms. The number of benzene rings is 1. The molecular formula is C15H19N3O3S. The second-order valence-electron chi connectivity index (χ2n) is 4.76. The third kappa shape index (κ3) is 3.96. The average molecular weight is 321 g/mol. The number of methoxy groups -OCH3 is 2. The molecule has 6 nitrogen and oxygen atoms in total. The molecule has 0 fully saturated rings. The lowest BCUT2D eigenvalue weighted by Gasteiger charge is -2.11. The summed E-state index contributed by atoms with van der Waals surface area (Å²) in [6.07, 6.45) is 0.184. The number of thiazole rings is 1. The van der Waals surface area contributed by atoms with Gasteiger partial charge in [0.2, 0.25) is 5.91 Å². The molecule has 0 bridgehead atoms. The molecule has 0 saturated carbocycles. The maximum Gasteiger partial charge on any atom is 0.230 e. The summed E-state index contributed by atoms with van der Waals surface area (Å²) < 4.78 is 10.4. The predicted molar refractivity (Wildman–Crippen MR) is 86.6 cm³/mol. The van der Waals surface area contributed by atoms with Crippen molar-refractivity contribution in [1.29, 1.82) is 0 Å². The van der Waals surface area contributed by atoms with Crippen molar-refractivity contribution in [2.24, 2.45) is 5.73 Å². The minimum absolute atomic E-state index is 0.125. The van der Waals surface area contributed by atoms with E-state index in [-0.39, 0.29) is 18.4 Å². The summed E-state index contributed by atoms with van der Waals surface area (Å²) in [6, 6.07) is 5.10. The molecule has 1 amide bonds. The second kappa shape index (κ2) is 7.24. The molecule has 3 N–H and O–H groups in total. The van der Waals surface area contributed by atoms with Crippen LogP contribution in [-0.4, -0.2) is 25.1 Å². The van der Waals surface area contributed by atoms with Gasteiger partial charge in [-0.15, -0.1) is 11.3 Å². The van der Waals surface area contributed by atoms with Gasteiger partial charge in [-0.3, -0.25) is 4.79 Å². The lowest BCUT2D eigenvalue weighted by Crippen LogP contribution is -2.15. The van der Waals surface area contributed by atoms with Crippen LogP contribution in [0.4, 0.5) is 5.69 Å². The van der Waals surface area contributed by atoms with E-state index in [0.29, 0.717) is 22.9 Å². The van der Waals surface area contributed by atoms with E-state index in [4.69, 9.17) is 15.2 Å². The largest absolute Gasteiger partial charge is 0.497 e. The number of carbonyl (C=O) groups is 1.